The van der Waals surface area contributed by atoms with Crippen molar-refractivity contribution in [3.63, 3.8) is 0 Å². The van der Waals surface area contributed by atoms with E-state index in [4.69, 9.17) is 0 Å². The van der Waals surface area contributed by atoms with E-state index in [1.807, 2.05) is 0 Å². The Bertz CT molecular complexity index is 937. The summed E-state index contributed by atoms with van der Waals surface area (Å²) in [6.07, 6.45) is 4.71. The van der Waals surface area contributed by atoms with Crippen LogP contribution in [0, 0.1) is 0 Å². The van der Waals surface area contributed by atoms with Gasteiger partial charge in [0.1, 0.15) is 0 Å². The highest BCUT2D eigenvalue weighted by Crippen LogP contribution is 2.34. The van der Waals surface area contributed by atoms with Gasteiger partial charge in [-0.3, -0.25) is 24.5 Å². The van der Waals surface area contributed by atoms with Crippen molar-refractivity contribution in [2.24, 2.45) is 0 Å². The largest absolute Gasteiger partial charge is 0.304 e. The smallest absolute Gasteiger partial charge is 0.0240 e. The van der Waals surface area contributed by atoms with Crippen LogP contribution in [0.4, 0.5) is 0 Å². The van der Waals surface area contributed by atoms with Gasteiger partial charge in [-0.1, -0.05) is 27.7 Å². The maximum absolute atomic E-state index is 2.78. The van der Waals surface area contributed by atoms with Gasteiger partial charge in [0, 0.05) is 110 Å². The van der Waals surface area contributed by atoms with Gasteiger partial charge in [0.05, 0.1) is 0 Å². The van der Waals surface area contributed by atoms with Crippen molar-refractivity contribution in [2.45, 2.75) is 106 Å². The van der Waals surface area contributed by atoms with Gasteiger partial charge in [0.15, 0.2) is 0 Å². The molecule has 1 unspecified atom stereocenters. The highest BCUT2D eigenvalue weighted by Gasteiger charge is 2.28. The van der Waals surface area contributed by atoms with Crippen molar-refractivity contribution in [3.8, 4) is 0 Å². The van der Waals surface area contributed by atoms with Crippen molar-refractivity contribution in [3.05, 3.63) is 33.4 Å². The second-order valence-electron chi connectivity index (χ2n) is 13.5. The molecule has 0 spiro atoms. The van der Waals surface area contributed by atoms with Crippen LogP contribution in [0.2, 0.25) is 0 Å². The number of benzene rings is 1. The summed E-state index contributed by atoms with van der Waals surface area (Å²) in [7, 11) is 2.28. The fraction of sp³-hybridized carbons (Fsp3) is 0.829. The Balaban J connectivity index is 1.68. The molecule has 1 aromatic carbocycles. The third kappa shape index (κ3) is 8.13. The maximum atomic E-state index is 2.78. The van der Waals surface area contributed by atoms with Crippen molar-refractivity contribution < 1.29 is 0 Å². The predicted octanol–water partition coefficient (Wildman–Crippen LogP) is 4.56. The summed E-state index contributed by atoms with van der Waals surface area (Å²) < 4.78 is 0. The first-order chi connectivity index (χ1) is 19.8. The molecule has 3 aliphatic rings. The molecule has 0 amide bonds. The molecule has 0 aliphatic carbocycles. The summed E-state index contributed by atoms with van der Waals surface area (Å²) in [5.41, 5.74) is 10.2. The first-order valence-electron chi connectivity index (χ1n) is 17.3. The Morgan fingerprint density at radius 3 is 1.12 bits per heavy atom. The van der Waals surface area contributed by atoms with Gasteiger partial charge in [-0.15, -0.1) is 0 Å². The van der Waals surface area contributed by atoms with E-state index >= 15 is 0 Å². The van der Waals surface area contributed by atoms with Crippen molar-refractivity contribution >= 4 is 0 Å². The maximum Gasteiger partial charge on any atom is 0.0240 e. The summed E-state index contributed by atoms with van der Waals surface area (Å²) in [6, 6.07) is 1.36. The minimum Gasteiger partial charge on any atom is -0.304 e. The molecule has 1 atom stereocenters. The molecule has 3 fully saturated rings. The van der Waals surface area contributed by atoms with Crippen molar-refractivity contribution in [2.75, 3.05) is 85.6 Å². The zero-order valence-corrected chi connectivity index (χ0v) is 28.3. The van der Waals surface area contributed by atoms with E-state index in [9.17, 15) is 0 Å². The Hall–Kier alpha value is -1.02. The molecule has 0 saturated carbocycles. The normalized spacial score (nSPS) is 22.2. The lowest BCUT2D eigenvalue weighted by Crippen LogP contribution is -2.49. The minimum atomic E-state index is 0.654. The third-order valence-electron chi connectivity index (χ3n) is 10.7. The van der Waals surface area contributed by atoms with E-state index in [-0.39, 0.29) is 0 Å². The summed E-state index contributed by atoms with van der Waals surface area (Å²) in [5.74, 6) is 0. The summed E-state index contributed by atoms with van der Waals surface area (Å²) in [6.45, 7) is 34.5. The van der Waals surface area contributed by atoms with E-state index < -0.39 is 0 Å². The lowest BCUT2D eigenvalue weighted by Gasteiger charge is -2.40. The van der Waals surface area contributed by atoms with Crippen molar-refractivity contribution in [1.29, 1.82) is 0 Å². The number of hydrogen-bond acceptors (Lipinski definition) is 6. The van der Waals surface area contributed by atoms with Gasteiger partial charge in [0.25, 0.3) is 0 Å². The Labute approximate surface area is 254 Å². The van der Waals surface area contributed by atoms with Crippen LogP contribution in [0.3, 0.4) is 0 Å². The van der Waals surface area contributed by atoms with Crippen LogP contribution in [0.25, 0.3) is 0 Å². The third-order valence-corrected chi connectivity index (χ3v) is 10.7. The summed E-state index contributed by atoms with van der Waals surface area (Å²) in [5, 5.41) is 0. The van der Waals surface area contributed by atoms with E-state index in [1.165, 1.54) is 85.0 Å². The molecule has 0 radical (unpaired) electrons. The molecule has 1 aromatic rings. The molecule has 41 heavy (non-hydrogen) atoms. The molecule has 0 aromatic heterocycles. The average Bonchev–Trinajstić information content (AvgIpc) is 2.99. The fourth-order valence-electron chi connectivity index (χ4n) is 7.68. The van der Waals surface area contributed by atoms with Gasteiger partial charge in [-0.25, -0.2) is 0 Å². The lowest BCUT2D eigenvalue weighted by atomic mass is 9.82. The van der Waals surface area contributed by atoms with Crippen LogP contribution < -0.4 is 0 Å². The molecule has 3 aliphatic heterocycles. The van der Waals surface area contributed by atoms with E-state index in [0.29, 0.717) is 12.1 Å². The van der Waals surface area contributed by atoms with E-state index in [2.05, 4.69) is 84.9 Å². The topological polar surface area (TPSA) is 19.4 Å². The molecule has 0 bridgehead atoms. The Kier molecular flexibility index (Phi) is 12.5. The van der Waals surface area contributed by atoms with Crippen LogP contribution in [0.15, 0.2) is 0 Å². The summed E-state index contributed by atoms with van der Waals surface area (Å²) in [4.78, 5) is 16.2. The number of rotatable bonds is 12. The van der Waals surface area contributed by atoms with Gasteiger partial charge in [-0.05, 0) is 86.9 Å². The van der Waals surface area contributed by atoms with Crippen LogP contribution >= 0.6 is 0 Å². The molecule has 6 heteroatoms. The van der Waals surface area contributed by atoms with Gasteiger partial charge < -0.3 is 4.90 Å². The first kappa shape index (κ1) is 32.9. The SMILES string of the molecule is CCc1c(CN2CCN(C)CC2)c(CC)c(CN2CCN(C(C)CC)CC2)c(CC)c1CN1CCN(C(C)C)CC1. The van der Waals surface area contributed by atoms with Crippen LogP contribution in [0.1, 0.15) is 88.3 Å². The molecule has 6 nitrogen and oxygen atoms in total. The van der Waals surface area contributed by atoms with Crippen LogP contribution in [-0.2, 0) is 38.9 Å². The van der Waals surface area contributed by atoms with E-state index in [1.54, 1.807) is 33.4 Å². The second-order valence-corrected chi connectivity index (χ2v) is 13.5. The first-order valence-corrected chi connectivity index (χ1v) is 17.3. The van der Waals surface area contributed by atoms with Crippen molar-refractivity contribution in [1.82, 2.24) is 29.4 Å². The molecule has 4 rings (SSSR count). The van der Waals surface area contributed by atoms with Gasteiger partial charge in [0.2, 0.25) is 0 Å². The fourth-order valence-corrected chi connectivity index (χ4v) is 7.68. The zero-order chi connectivity index (χ0) is 29.5. The number of nitrogens with zero attached hydrogens (tertiary/aromatic N) is 6. The zero-order valence-electron chi connectivity index (χ0n) is 28.3. The molecule has 3 heterocycles. The number of hydrogen-bond donors (Lipinski definition) is 0. The molecular weight excluding hydrogens is 504 g/mol. The number of piperazine rings is 3. The molecule has 234 valence electrons. The van der Waals surface area contributed by atoms with Crippen LogP contribution in [-0.4, -0.2) is 127 Å². The van der Waals surface area contributed by atoms with E-state index in [0.717, 1.165) is 38.9 Å². The Morgan fingerprint density at radius 2 is 0.805 bits per heavy atom. The molecule has 0 N–H and O–H groups in total. The van der Waals surface area contributed by atoms with Gasteiger partial charge >= 0.3 is 0 Å². The average molecular weight is 569 g/mol. The molecule has 3 saturated heterocycles. The Morgan fingerprint density at radius 1 is 0.463 bits per heavy atom. The predicted molar refractivity (Wildman–Crippen MR) is 176 cm³/mol. The highest BCUT2D eigenvalue weighted by atomic mass is 15.3. The standard InChI is InChI=1S/C35H64N6/c1-9-29(7)41-23-19-39(20-24-41)27-35-31(11-3)33(25-37-15-13-36(8)14-16-37)30(10-2)34(32(35)12-4)26-38-17-21-40(22-18-38)28(5)6/h28-29H,9-27H2,1-8H3. The quantitative estimate of drug-likeness (QED) is 0.366. The number of likely N-dealkylation sites (N-methyl/N-ethyl adjacent to an activating group) is 1. The monoisotopic (exact) mass is 569 g/mol. The van der Waals surface area contributed by atoms with Crippen LogP contribution in [0.5, 0.6) is 0 Å². The highest BCUT2D eigenvalue weighted by molar-refractivity contribution is 5.52. The lowest BCUT2D eigenvalue weighted by molar-refractivity contribution is 0.0957. The second kappa shape index (κ2) is 15.6. The molecular formula is C35H64N6. The van der Waals surface area contributed by atoms with Gasteiger partial charge in [-0.2, -0.15) is 0 Å². The summed E-state index contributed by atoms with van der Waals surface area (Å²) >= 11 is 0. The minimum absolute atomic E-state index is 0.654.